The van der Waals surface area contributed by atoms with Gasteiger partial charge in [0.15, 0.2) is 0 Å². The number of hydrogen-bond acceptors (Lipinski definition) is 5. The van der Waals surface area contributed by atoms with Crippen LogP contribution in [0.5, 0.6) is 11.6 Å². The second-order valence-corrected chi connectivity index (χ2v) is 6.22. The zero-order valence-electron chi connectivity index (χ0n) is 13.5. The molecular weight excluding hydrogens is 334 g/mol. The SMILES string of the molecule is COc1ccccc1-c1csc(-n2nc(-c3ccccc3)cc2O)n1. The van der Waals surface area contributed by atoms with Gasteiger partial charge in [-0.3, -0.25) is 0 Å². The van der Waals surface area contributed by atoms with Gasteiger partial charge < -0.3 is 9.84 Å². The van der Waals surface area contributed by atoms with Crippen molar-refractivity contribution in [3.8, 4) is 39.3 Å². The van der Waals surface area contributed by atoms with E-state index in [0.29, 0.717) is 10.8 Å². The van der Waals surface area contributed by atoms with Gasteiger partial charge in [0.1, 0.15) is 5.75 Å². The van der Waals surface area contributed by atoms with Crippen molar-refractivity contribution in [2.24, 2.45) is 0 Å². The van der Waals surface area contributed by atoms with Crippen molar-refractivity contribution in [3.05, 3.63) is 66.0 Å². The lowest BCUT2D eigenvalue weighted by atomic mass is 10.1. The summed E-state index contributed by atoms with van der Waals surface area (Å²) < 4.78 is 6.84. The zero-order valence-corrected chi connectivity index (χ0v) is 14.3. The Kier molecular flexibility index (Phi) is 3.95. The molecule has 0 unspecified atom stereocenters. The van der Waals surface area contributed by atoms with Gasteiger partial charge in [-0.25, -0.2) is 4.98 Å². The summed E-state index contributed by atoms with van der Waals surface area (Å²) in [4.78, 5) is 4.61. The Morgan fingerprint density at radius 2 is 1.76 bits per heavy atom. The van der Waals surface area contributed by atoms with Gasteiger partial charge in [0.25, 0.3) is 0 Å². The van der Waals surface area contributed by atoms with E-state index in [4.69, 9.17) is 4.74 Å². The molecule has 0 aliphatic carbocycles. The van der Waals surface area contributed by atoms with E-state index < -0.39 is 0 Å². The van der Waals surface area contributed by atoms with Crippen LogP contribution in [0.15, 0.2) is 66.0 Å². The molecule has 0 amide bonds. The first-order chi connectivity index (χ1) is 12.3. The summed E-state index contributed by atoms with van der Waals surface area (Å²) >= 11 is 1.41. The Hall–Kier alpha value is -3.12. The van der Waals surface area contributed by atoms with Crippen molar-refractivity contribution in [1.29, 1.82) is 0 Å². The fraction of sp³-hybridized carbons (Fsp3) is 0.0526. The third-order valence-electron chi connectivity index (χ3n) is 3.82. The Bertz CT molecular complexity index is 1010. The second kappa shape index (κ2) is 6.41. The van der Waals surface area contributed by atoms with Crippen molar-refractivity contribution >= 4 is 11.3 Å². The molecule has 0 atom stereocenters. The Morgan fingerprint density at radius 3 is 2.56 bits per heavy atom. The molecule has 124 valence electrons. The molecule has 0 saturated heterocycles. The molecule has 4 aromatic rings. The molecule has 0 spiro atoms. The lowest BCUT2D eigenvalue weighted by Gasteiger charge is -2.04. The summed E-state index contributed by atoms with van der Waals surface area (Å²) in [6.45, 7) is 0. The van der Waals surface area contributed by atoms with Gasteiger partial charge in [0, 0.05) is 22.6 Å². The predicted molar refractivity (Wildman–Crippen MR) is 98.3 cm³/mol. The first kappa shape index (κ1) is 15.4. The van der Waals surface area contributed by atoms with Gasteiger partial charge >= 0.3 is 0 Å². The molecule has 0 bridgehead atoms. The van der Waals surface area contributed by atoms with Crippen LogP contribution in [0, 0.1) is 0 Å². The van der Waals surface area contributed by atoms with Crippen molar-refractivity contribution in [3.63, 3.8) is 0 Å². The molecule has 2 aromatic heterocycles. The van der Waals surface area contributed by atoms with Crippen molar-refractivity contribution in [1.82, 2.24) is 14.8 Å². The molecule has 0 saturated carbocycles. The number of nitrogens with zero attached hydrogens (tertiary/aromatic N) is 3. The molecular formula is C19H15N3O2S. The number of hydrogen-bond donors (Lipinski definition) is 1. The number of ether oxygens (including phenoxy) is 1. The van der Waals surface area contributed by atoms with Gasteiger partial charge in [-0.2, -0.15) is 9.78 Å². The first-order valence-electron chi connectivity index (χ1n) is 7.70. The van der Waals surface area contributed by atoms with Crippen LogP contribution in [-0.2, 0) is 0 Å². The molecule has 5 nitrogen and oxygen atoms in total. The number of rotatable bonds is 4. The standard InChI is InChI=1S/C19H15N3O2S/c1-24-17-10-6-5-9-14(17)16-12-25-19(20-16)22-18(23)11-15(21-22)13-7-3-2-4-8-13/h2-12,23H,1H3. The smallest absolute Gasteiger partial charge is 0.216 e. The number of thiazole rings is 1. The third kappa shape index (κ3) is 2.88. The van der Waals surface area contributed by atoms with Crippen LogP contribution in [0.4, 0.5) is 0 Å². The summed E-state index contributed by atoms with van der Waals surface area (Å²) in [6, 6.07) is 19.1. The average Bonchev–Trinajstić information content (AvgIpc) is 3.29. The maximum atomic E-state index is 10.3. The van der Waals surface area contributed by atoms with Gasteiger partial charge in [-0.05, 0) is 12.1 Å². The number of aromatic hydroxyl groups is 1. The number of para-hydroxylation sites is 1. The minimum absolute atomic E-state index is 0.0554. The van der Waals surface area contributed by atoms with E-state index in [1.165, 1.54) is 16.0 Å². The first-order valence-corrected chi connectivity index (χ1v) is 8.58. The van der Waals surface area contributed by atoms with Crippen molar-refractivity contribution < 1.29 is 9.84 Å². The quantitative estimate of drug-likeness (QED) is 0.594. The fourth-order valence-corrected chi connectivity index (χ4v) is 3.39. The number of methoxy groups -OCH3 is 1. The van der Waals surface area contributed by atoms with E-state index in [-0.39, 0.29) is 5.88 Å². The Morgan fingerprint density at radius 1 is 1.00 bits per heavy atom. The summed E-state index contributed by atoms with van der Waals surface area (Å²) in [5.41, 5.74) is 3.33. The van der Waals surface area contributed by atoms with Crippen LogP contribution in [0.1, 0.15) is 0 Å². The van der Waals surface area contributed by atoms with E-state index in [1.54, 1.807) is 13.2 Å². The third-order valence-corrected chi connectivity index (χ3v) is 4.63. The summed E-state index contributed by atoms with van der Waals surface area (Å²) in [5.74, 6) is 0.814. The zero-order chi connectivity index (χ0) is 17.2. The number of aromatic nitrogens is 3. The molecule has 4 rings (SSSR count). The van der Waals surface area contributed by atoms with Crippen LogP contribution in [0.2, 0.25) is 0 Å². The fourth-order valence-electron chi connectivity index (χ4n) is 2.60. The maximum absolute atomic E-state index is 10.3. The predicted octanol–water partition coefficient (Wildman–Crippen LogP) is 4.38. The van der Waals surface area contributed by atoms with Crippen LogP contribution in [0.3, 0.4) is 0 Å². The summed E-state index contributed by atoms with van der Waals surface area (Å²) in [7, 11) is 1.64. The van der Waals surface area contributed by atoms with E-state index in [9.17, 15) is 5.11 Å². The van der Waals surface area contributed by atoms with Crippen LogP contribution < -0.4 is 4.74 Å². The molecule has 1 N–H and O–H groups in total. The topological polar surface area (TPSA) is 60.2 Å². The largest absolute Gasteiger partial charge is 0.496 e. The second-order valence-electron chi connectivity index (χ2n) is 5.38. The average molecular weight is 349 g/mol. The van der Waals surface area contributed by atoms with Crippen LogP contribution >= 0.6 is 11.3 Å². The van der Waals surface area contributed by atoms with Gasteiger partial charge in [-0.1, -0.05) is 42.5 Å². The minimum Gasteiger partial charge on any atom is -0.496 e. The Labute approximate surface area is 148 Å². The van der Waals surface area contributed by atoms with Gasteiger partial charge in [0.05, 0.1) is 18.5 Å². The highest BCUT2D eigenvalue weighted by Gasteiger charge is 2.15. The minimum atomic E-state index is 0.0554. The normalized spacial score (nSPS) is 10.8. The monoisotopic (exact) mass is 349 g/mol. The van der Waals surface area contributed by atoms with Crippen molar-refractivity contribution in [2.45, 2.75) is 0 Å². The van der Waals surface area contributed by atoms with E-state index in [0.717, 1.165) is 22.6 Å². The van der Waals surface area contributed by atoms with Gasteiger partial charge in [-0.15, -0.1) is 11.3 Å². The van der Waals surface area contributed by atoms with Crippen molar-refractivity contribution in [2.75, 3.05) is 7.11 Å². The van der Waals surface area contributed by atoms with E-state index in [2.05, 4.69) is 10.1 Å². The highest BCUT2D eigenvalue weighted by molar-refractivity contribution is 7.12. The lowest BCUT2D eigenvalue weighted by molar-refractivity contribution is 0.416. The summed E-state index contributed by atoms with van der Waals surface area (Å²) in [5, 5.41) is 17.3. The highest BCUT2D eigenvalue weighted by atomic mass is 32.1. The molecule has 0 radical (unpaired) electrons. The maximum Gasteiger partial charge on any atom is 0.216 e. The van der Waals surface area contributed by atoms with Crippen LogP contribution in [0.25, 0.3) is 27.6 Å². The molecule has 2 aromatic carbocycles. The molecule has 2 heterocycles. The molecule has 0 aliphatic heterocycles. The molecule has 0 aliphatic rings. The Balaban J connectivity index is 1.73. The number of benzene rings is 2. The highest BCUT2D eigenvalue weighted by Crippen LogP contribution is 2.33. The van der Waals surface area contributed by atoms with E-state index in [1.807, 2.05) is 60.0 Å². The lowest BCUT2D eigenvalue weighted by Crippen LogP contribution is -1.96. The molecule has 0 fully saturated rings. The molecule has 25 heavy (non-hydrogen) atoms. The van der Waals surface area contributed by atoms with Crippen LogP contribution in [-0.4, -0.2) is 27.0 Å². The molecule has 6 heteroatoms. The summed E-state index contributed by atoms with van der Waals surface area (Å²) in [6.07, 6.45) is 0. The van der Waals surface area contributed by atoms with E-state index >= 15 is 0 Å². The van der Waals surface area contributed by atoms with Gasteiger partial charge in [0.2, 0.25) is 11.0 Å².